The molecule has 4 heteroatoms. The molecule has 0 saturated heterocycles. The van der Waals surface area contributed by atoms with E-state index in [1.165, 1.54) is 5.57 Å². The zero-order valence-corrected chi connectivity index (χ0v) is 11.5. The van der Waals surface area contributed by atoms with Gasteiger partial charge < -0.3 is 5.32 Å². The minimum absolute atomic E-state index is 0.919. The van der Waals surface area contributed by atoms with Gasteiger partial charge >= 0.3 is 0 Å². The van der Waals surface area contributed by atoms with Crippen molar-refractivity contribution < 1.29 is 0 Å². The van der Waals surface area contributed by atoms with E-state index in [9.17, 15) is 0 Å². The molecular formula is C14H14BrN3. The summed E-state index contributed by atoms with van der Waals surface area (Å²) < 4.78 is 1.08. The van der Waals surface area contributed by atoms with Crippen molar-refractivity contribution in [2.45, 2.75) is 6.42 Å². The monoisotopic (exact) mass is 303 g/mol. The minimum atomic E-state index is 0.919. The number of H-pyrrole nitrogens is 1. The SMILES string of the molecule is Brc1ccc(-c2cc(C3=CCCNC3)[nH]n2)cc1. The van der Waals surface area contributed by atoms with E-state index in [2.05, 4.69) is 55.7 Å². The molecule has 18 heavy (non-hydrogen) atoms. The molecule has 3 nitrogen and oxygen atoms in total. The van der Waals surface area contributed by atoms with E-state index in [0.717, 1.165) is 40.9 Å². The number of aromatic amines is 1. The van der Waals surface area contributed by atoms with Gasteiger partial charge in [-0.3, -0.25) is 5.10 Å². The second-order valence-electron chi connectivity index (χ2n) is 4.37. The summed E-state index contributed by atoms with van der Waals surface area (Å²) in [5.41, 5.74) is 4.53. The van der Waals surface area contributed by atoms with Crippen LogP contribution in [-0.4, -0.2) is 23.3 Å². The van der Waals surface area contributed by atoms with Crippen molar-refractivity contribution in [1.82, 2.24) is 15.5 Å². The fourth-order valence-electron chi connectivity index (χ4n) is 2.10. The van der Waals surface area contributed by atoms with Crippen molar-refractivity contribution in [2.24, 2.45) is 0 Å². The van der Waals surface area contributed by atoms with Crippen LogP contribution in [0.2, 0.25) is 0 Å². The van der Waals surface area contributed by atoms with E-state index in [-0.39, 0.29) is 0 Å². The fraction of sp³-hybridized carbons (Fsp3) is 0.214. The average molecular weight is 304 g/mol. The lowest BCUT2D eigenvalue weighted by atomic mass is 10.1. The highest BCUT2D eigenvalue weighted by molar-refractivity contribution is 9.10. The van der Waals surface area contributed by atoms with Gasteiger partial charge in [-0.05, 0) is 36.7 Å². The first-order valence-corrected chi connectivity index (χ1v) is 6.84. The van der Waals surface area contributed by atoms with Gasteiger partial charge in [0, 0.05) is 16.6 Å². The molecule has 1 aromatic heterocycles. The lowest BCUT2D eigenvalue weighted by Gasteiger charge is -2.11. The average Bonchev–Trinajstić information content (AvgIpc) is 2.90. The molecule has 1 aromatic carbocycles. The Kier molecular flexibility index (Phi) is 3.30. The van der Waals surface area contributed by atoms with E-state index >= 15 is 0 Å². The highest BCUT2D eigenvalue weighted by atomic mass is 79.9. The van der Waals surface area contributed by atoms with E-state index in [4.69, 9.17) is 0 Å². The second kappa shape index (κ2) is 5.08. The van der Waals surface area contributed by atoms with Gasteiger partial charge in [0.05, 0.1) is 11.4 Å². The molecule has 2 N–H and O–H groups in total. The largest absolute Gasteiger partial charge is 0.312 e. The molecule has 0 amide bonds. The second-order valence-corrected chi connectivity index (χ2v) is 5.28. The Labute approximate surface area is 114 Å². The Hall–Kier alpha value is -1.39. The number of aromatic nitrogens is 2. The Morgan fingerprint density at radius 3 is 2.72 bits per heavy atom. The van der Waals surface area contributed by atoms with Crippen LogP contribution in [0.1, 0.15) is 12.1 Å². The minimum Gasteiger partial charge on any atom is -0.312 e. The van der Waals surface area contributed by atoms with Gasteiger partial charge in [-0.15, -0.1) is 0 Å². The van der Waals surface area contributed by atoms with Gasteiger partial charge in [0.1, 0.15) is 0 Å². The number of hydrogen-bond donors (Lipinski definition) is 2. The summed E-state index contributed by atoms with van der Waals surface area (Å²) >= 11 is 3.44. The predicted molar refractivity (Wildman–Crippen MR) is 77.2 cm³/mol. The van der Waals surface area contributed by atoms with Crippen LogP contribution >= 0.6 is 15.9 Å². The van der Waals surface area contributed by atoms with E-state index in [1.54, 1.807) is 0 Å². The third kappa shape index (κ3) is 2.40. The molecular weight excluding hydrogens is 290 g/mol. The summed E-state index contributed by atoms with van der Waals surface area (Å²) in [4.78, 5) is 0. The van der Waals surface area contributed by atoms with Gasteiger partial charge in [0.25, 0.3) is 0 Å². The first-order valence-electron chi connectivity index (χ1n) is 6.04. The Balaban J connectivity index is 1.89. The highest BCUT2D eigenvalue weighted by Crippen LogP contribution is 2.23. The van der Waals surface area contributed by atoms with E-state index < -0.39 is 0 Å². The van der Waals surface area contributed by atoms with Gasteiger partial charge in [-0.1, -0.05) is 34.1 Å². The van der Waals surface area contributed by atoms with Crippen LogP contribution in [0.3, 0.4) is 0 Å². The van der Waals surface area contributed by atoms with Crippen molar-refractivity contribution in [2.75, 3.05) is 13.1 Å². The number of halogens is 1. The number of benzene rings is 1. The van der Waals surface area contributed by atoms with Crippen LogP contribution in [0.5, 0.6) is 0 Å². The van der Waals surface area contributed by atoms with Gasteiger partial charge in [0.15, 0.2) is 0 Å². The highest BCUT2D eigenvalue weighted by Gasteiger charge is 2.09. The van der Waals surface area contributed by atoms with Crippen LogP contribution in [0.4, 0.5) is 0 Å². The molecule has 0 spiro atoms. The van der Waals surface area contributed by atoms with Gasteiger partial charge in [0.2, 0.25) is 0 Å². The van der Waals surface area contributed by atoms with Crippen LogP contribution in [0.15, 0.2) is 40.9 Å². The van der Waals surface area contributed by atoms with Crippen LogP contribution in [0, 0.1) is 0 Å². The molecule has 2 heterocycles. The summed E-state index contributed by atoms with van der Waals surface area (Å²) in [5, 5.41) is 10.9. The number of hydrogen-bond acceptors (Lipinski definition) is 2. The fourth-order valence-corrected chi connectivity index (χ4v) is 2.37. The Morgan fingerprint density at radius 1 is 1.17 bits per heavy atom. The summed E-state index contributed by atoms with van der Waals surface area (Å²) in [6.07, 6.45) is 3.36. The summed E-state index contributed by atoms with van der Waals surface area (Å²) in [7, 11) is 0. The molecule has 0 aliphatic carbocycles. The van der Waals surface area contributed by atoms with Crippen molar-refractivity contribution in [3.8, 4) is 11.3 Å². The third-order valence-corrected chi connectivity index (χ3v) is 3.62. The molecule has 1 aliphatic heterocycles. The van der Waals surface area contributed by atoms with Gasteiger partial charge in [-0.25, -0.2) is 0 Å². The topological polar surface area (TPSA) is 40.7 Å². The van der Waals surface area contributed by atoms with E-state index in [1.807, 2.05) is 12.1 Å². The summed E-state index contributed by atoms with van der Waals surface area (Å²) in [5.74, 6) is 0. The Morgan fingerprint density at radius 2 is 2.00 bits per heavy atom. The predicted octanol–water partition coefficient (Wildman–Crippen LogP) is 3.22. The van der Waals surface area contributed by atoms with Crippen molar-refractivity contribution in [1.29, 1.82) is 0 Å². The standard InChI is InChI=1S/C14H14BrN3/c15-12-5-3-10(4-6-12)13-8-14(18-17-13)11-2-1-7-16-9-11/h2-6,8,16H,1,7,9H2,(H,17,18). The lowest BCUT2D eigenvalue weighted by molar-refractivity contribution is 0.737. The summed E-state index contributed by atoms with van der Waals surface area (Å²) in [6, 6.07) is 10.3. The van der Waals surface area contributed by atoms with Crippen molar-refractivity contribution in [3.05, 3.63) is 46.6 Å². The quantitative estimate of drug-likeness (QED) is 0.894. The molecule has 0 radical (unpaired) electrons. The van der Waals surface area contributed by atoms with Crippen molar-refractivity contribution in [3.63, 3.8) is 0 Å². The number of nitrogens with one attached hydrogen (secondary N) is 2. The molecule has 3 rings (SSSR count). The van der Waals surface area contributed by atoms with E-state index in [0.29, 0.717) is 0 Å². The zero-order chi connectivity index (χ0) is 12.4. The first kappa shape index (κ1) is 11.7. The third-order valence-electron chi connectivity index (χ3n) is 3.09. The molecule has 0 saturated carbocycles. The summed E-state index contributed by atoms with van der Waals surface area (Å²) in [6.45, 7) is 1.99. The Bertz CT molecular complexity index is 569. The molecule has 0 atom stereocenters. The smallest absolute Gasteiger partial charge is 0.0927 e. The normalized spacial score (nSPS) is 15.5. The molecule has 0 bridgehead atoms. The lowest BCUT2D eigenvalue weighted by Crippen LogP contribution is -2.21. The number of nitrogens with zero attached hydrogens (tertiary/aromatic N) is 1. The van der Waals surface area contributed by atoms with Crippen molar-refractivity contribution >= 4 is 21.5 Å². The molecule has 1 aliphatic rings. The first-order chi connectivity index (χ1) is 8.83. The molecule has 92 valence electrons. The van der Waals surface area contributed by atoms with Gasteiger partial charge in [-0.2, -0.15) is 5.10 Å². The number of rotatable bonds is 2. The maximum absolute atomic E-state index is 4.38. The maximum Gasteiger partial charge on any atom is 0.0927 e. The molecule has 0 unspecified atom stereocenters. The zero-order valence-electron chi connectivity index (χ0n) is 9.91. The van der Waals surface area contributed by atoms with Crippen LogP contribution in [0.25, 0.3) is 16.8 Å². The maximum atomic E-state index is 4.38. The van der Waals surface area contributed by atoms with Crippen LogP contribution < -0.4 is 5.32 Å². The van der Waals surface area contributed by atoms with Crippen LogP contribution in [-0.2, 0) is 0 Å². The molecule has 0 fully saturated rings. The molecule has 2 aromatic rings.